The molecule has 0 N–H and O–H groups in total. The van der Waals surface area contributed by atoms with Crippen LogP contribution >= 0.6 is 0 Å². The van der Waals surface area contributed by atoms with Gasteiger partial charge in [0.25, 0.3) is 5.91 Å². The van der Waals surface area contributed by atoms with E-state index < -0.39 is 11.4 Å². The van der Waals surface area contributed by atoms with E-state index in [1.165, 1.54) is 6.07 Å². The maximum atomic E-state index is 13.9. The number of hydrogen-bond donors (Lipinski definition) is 0. The number of para-hydroxylation sites is 1. The highest BCUT2D eigenvalue weighted by molar-refractivity contribution is 5.85. The molecule has 1 heterocycles. The fourth-order valence-electron chi connectivity index (χ4n) is 3.28. The Hall–Kier alpha value is -2.89. The number of benzene rings is 2. The van der Waals surface area contributed by atoms with Crippen LogP contribution in [0, 0.1) is 5.82 Å². The summed E-state index contributed by atoms with van der Waals surface area (Å²) in [6, 6.07) is 16.0. The summed E-state index contributed by atoms with van der Waals surface area (Å²) in [5, 5.41) is 0. The predicted octanol–water partition coefficient (Wildman–Crippen LogP) is 3.00. The molecule has 1 aliphatic rings. The van der Waals surface area contributed by atoms with Gasteiger partial charge in [-0.3, -0.25) is 9.59 Å². The van der Waals surface area contributed by atoms with Gasteiger partial charge in [0.05, 0.1) is 11.1 Å². The molecule has 1 saturated heterocycles. The Balaban J connectivity index is 1.51. The van der Waals surface area contributed by atoms with E-state index >= 15 is 0 Å². The van der Waals surface area contributed by atoms with Gasteiger partial charge in [-0.25, -0.2) is 4.39 Å². The van der Waals surface area contributed by atoms with Crippen molar-refractivity contribution < 1.29 is 18.7 Å². The molecule has 0 bridgehead atoms. The van der Waals surface area contributed by atoms with Crippen molar-refractivity contribution >= 4 is 17.6 Å². The highest BCUT2D eigenvalue weighted by atomic mass is 19.1. The van der Waals surface area contributed by atoms with Crippen LogP contribution in [0.2, 0.25) is 0 Å². The summed E-state index contributed by atoms with van der Waals surface area (Å²) in [4.78, 5) is 28.5. The predicted molar refractivity (Wildman–Crippen MR) is 106 cm³/mol. The molecule has 0 atom stereocenters. The number of esters is 1. The number of hydrogen-bond acceptors (Lipinski definition) is 4. The van der Waals surface area contributed by atoms with Crippen molar-refractivity contribution in [3.05, 3.63) is 66.0 Å². The van der Waals surface area contributed by atoms with Crippen LogP contribution in [-0.2, 0) is 19.7 Å². The summed E-state index contributed by atoms with van der Waals surface area (Å²) in [5.41, 5.74) is 0.557. The molecule has 1 aliphatic heterocycles. The van der Waals surface area contributed by atoms with Gasteiger partial charge in [0.15, 0.2) is 6.61 Å². The molecule has 0 saturated carbocycles. The molecule has 0 aromatic heterocycles. The van der Waals surface area contributed by atoms with Gasteiger partial charge in [-0.1, -0.05) is 42.5 Å². The topological polar surface area (TPSA) is 49.9 Å². The maximum absolute atomic E-state index is 13.9. The molecular formula is C22H25FN2O3. The third-order valence-corrected chi connectivity index (χ3v) is 5.16. The quantitative estimate of drug-likeness (QED) is 0.744. The summed E-state index contributed by atoms with van der Waals surface area (Å²) in [7, 11) is 0. The second-order valence-corrected chi connectivity index (χ2v) is 7.39. The van der Waals surface area contributed by atoms with Crippen LogP contribution < -0.4 is 4.90 Å². The van der Waals surface area contributed by atoms with Crippen LogP contribution in [0.3, 0.4) is 0 Å². The molecule has 1 fully saturated rings. The third kappa shape index (κ3) is 4.32. The number of piperazine rings is 1. The second-order valence-electron chi connectivity index (χ2n) is 7.39. The molecule has 28 heavy (non-hydrogen) atoms. The van der Waals surface area contributed by atoms with Crippen molar-refractivity contribution in [3.63, 3.8) is 0 Å². The Morgan fingerprint density at radius 3 is 2.21 bits per heavy atom. The smallest absolute Gasteiger partial charge is 0.316 e. The van der Waals surface area contributed by atoms with Gasteiger partial charge in [-0.15, -0.1) is 0 Å². The van der Waals surface area contributed by atoms with E-state index in [4.69, 9.17) is 4.74 Å². The van der Waals surface area contributed by atoms with Gasteiger partial charge in [-0.05, 0) is 31.5 Å². The number of anilines is 1. The van der Waals surface area contributed by atoms with Crippen molar-refractivity contribution in [1.82, 2.24) is 4.90 Å². The summed E-state index contributed by atoms with van der Waals surface area (Å²) >= 11 is 0. The maximum Gasteiger partial charge on any atom is 0.316 e. The molecule has 2 aromatic carbocycles. The van der Waals surface area contributed by atoms with Gasteiger partial charge in [0.1, 0.15) is 5.82 Å². The third-order valence-electron chi connectivity index (χ3n) is 5.16. The van der Waals surface area contributed by atoms with E-state index in [0.29, 0.717) is 31.9 Å². The van der Waals surface area contributed by atoms with Crippen LogP contribution in [-0.4, -0.2) is 49.6 Å². The molecule has 5 nitrogen and oxygen atoms in total. The number of carbonyl (C=O) groups excluding carboxylic acids is 2. The average Bonchev–Trinajstić information content (AvgIpc) is 2.73. The van der Waals surface area contributed by atoms with E-state index in [1.54, 1.807) is 36.9 Å². The zero-order valence-corrected chi connectivity index (χ0v) is 16.2. The Labute approximate surface area is 164 Å². The number of halogens is 1. The first-order valence-electron chi connectivity index (χ1n) is 9.39. The van der Waals surface area contributed by atoms with E-state index in [-0.39, 0.29) is 18.3 Å². The molecule has 0 spiro atoms. The van der Waals surface area contributed by atoms with E-state index in [1.807, 2.05) is 35.2 Å². The lowest BCUT2D eigenvalue weighted by atomic mass is 9.85. The van der Waals surface area contributed by atoms with Crippen molar-refractivity contribution in [1.29, 1.82) is 0 Å². The number of rotatable bonds is 5. The average molecular weight is 384 g/mol. The van der Waals surface area contributed by atoms with Gasteiger partial charge in [0, 0.05) is 26.2 Å². The fourth-order valence-corrected chi connectivity index (χ4v) is 3.28. The molecule has 1 amide bonds. The molecule has 3 rings (SSSR count). The van der Waals surface area contributed by atoms with Crippen molar-refractivity contribution in [2.75, 3.05) is 37.7 Å². The number of amides is 1. The summed E-state index contributed by atoms with van der Waals surface area (Å²) in [6.45, 7) is 5.28. The second kappa shape index (κ2) is 8.42. The van der Waals surface area contributed by atoms with Crippen molar-refractivity contribution in [2.24, 2.45) is 0 Å². The Bertz CT molecular complexity index is 831. The highest BCUT2D eigenvalue weighted by Gasteiger charge is 2.32. The van der Waals surface area contributed by atoms with Crippen LogP contribution in [0.15, 0.2) is 54.6 Å². The monoisotopic (exact) mass is 384 g/mol. The molecule has 2 aromatic rings. The Kier molecular flexibility index (Phi) is 5.97. The van der Waals surface area contributed by atoms with Crippen LogP contribution in [0.4, 0.5) is 10.1 Å². The van der Waals surface area contributed by atoms with Crippen LogP contribution in [0.1, 0.15) is 19.4 Å². The zero-order valence-electron chi connectivity index (χ0n) is 16.2. The number of carbonyl (C=O) groups is 2. The van der Waals surface area contributed by atoms with Crippen molar-refractivity contribution in [3.8, 4) is 0 Å². The van der Waals surface area contributed by atoms with Crippen LogP contribution in [0.25, 0.3) is 0 Å². The van der Waals surface area contributed by atoms with E-state index in [9.17, 15) is 14.0 Å². The first-order chi connectivity index (χ1) is 13.4. The van der Waals surface area contributed by atoms with Crippen LogP contribution in [0.5, 0.6) is 0 Å². The minimum absolute atomic E-state index is 0.231. The lowest BCUT2D eigenvalue weighted by Gasteiger charge is -2.36. The Morgan fingerprint density at radius 1 is 0.964 bits per heavy atom. The van der Waals surface area contributed by atoms with Gasteiger partial charge >= 0.3 is 5.97 Å². The highest BCUT2D eigenvalue weighted by Crippen LogP contribution is 2.24. The van der Waals surface area contributed by atoms with Gasteiger partial charge in [-0.2, -0.15) is 0 Å². The number of ether oxygens (including phenoxy) is 1. The SMILES string of the molecule is CC(C)(C(=O)OCC(=O)N1CCN(c2ccccc2F)CC1)c1ccccc1. The number of nitrogens with zero attached hydrogens (tertiary/aromatic N) is 2. The van der Waals surface area contributed by atoms with E-state index in [0.717, 1.165) is 5.56 Å². The molecule has 148 valence electrons. The molecule has 0 radical (unpaired) electrons. The first kappa shape index (κ1) is 19.9. The van der Waals surface area contributed by atoms with Gasteiger partial charge in [0.2, 0.25) is 0 Å². The fraction of sp³-hybridized carbons (Fsp3) is 0.364. The molecule has 0 aliphatic carbocycles. The lowest BCUT2D eigenvalue weighted by molar-refractivity contribution is -0.156. The lowest BCUT2D eigenvalue weighted by Crippen LogP contribution is -2.50. The molecular weight excluding hydrogens is 359 g/mol. The molecule has 0 unspecified atom stereocenters. The van der Waals surface area contributed by atoms with E-state index in [2.05, 4.69) is 0 Å². The minimum Gasteiger partial charge on any atom is -0.455 e. The first-order valence-corrected chi connectivity index (χ1v) is 9.39. The standard InChI is InChI=1S/C22H25FN2O3/c1-22(2,17-8-4-3-5-9-17)21(27)28-16-20(26)25-14-12-24(13-15-25)19-11-7-6-10-18(19)23/h3-11H,12-16H2,1-2H3. The summed E-state index contributed by atoms with van der Waals surface area (Å²) in [5.74, 6) is -0.929. The molecule has 6 heteroatoms. The normalized spacial score (nSPS) is 14.7. The zero-order chi connectivity index (χ0) is 20.1. The van der Waals surface area contributed by atoms with Crippen molar-refractivity contribution in [2.45, 2.75) is 19.3 Å². The summed E-state index contributed by atoms with van der Waals surface area (Å²) < 4.78 is 19.2. The Morgan fingerprint density at radius 2 is 1.57 bits per heavy atom. The minimum atomic E-state index is -0.828. The summed E-state index contributed by atoms with van der Waals surface area (Å²) in [6.07, 6.45) is 0. The van der Waals surface area contributed by atoms with Gasteiger partial charge < -0.3 is 14.5 Å². The largest absolute Gasteiger partial charge is 0.455 e.